The number of rotatable bonds is 3. The Kier molecular flexibility index (Phi) is 3.80. The van der Waals surface area contributed by atoms with E-state index < -0.39 is 18.2 Å². The van der Waals surface area contributed by atoms with Crippen molar-refractivity contribution in [2.45, 2.75) is 26.1 Å². The van der Waals surface area contributed by atoms with Crippen LogP contribution in [-0.2, 0) is 11.8 Å². The molecule has 2 rings (SSSR count). The van der Waals surface area contributed by atoms with E-state index in [1.807, 2.05) is 0 Å². The summed E-state index contributed by atoms with van der Waals surface area (Å²) in [6, 6.07) is 1.23. The molecule has 8 heteroatoms. The van der Waals surface area contributed by atoms with Gasteiger partial charge in [-0.15, -0.1) is 0 Å². The van der Waals surface area contributed by atoms with Crippen molar-refractivity contribution in [2.75, 3.05) is 0 Å². The summed E-state index contributed by atoms with van der Waals surface area (Å²) in [5.74, 6) is -1.10. The molecule has 2 aromatic heterocycles. The molecule has 0 N–H and O–H groups in total. The molecule has 0 fully saturated rings. The molecule has 114 valence electrons. The molecule has 0 aliphatic heterocycles. The molecule has 21 heavy (non-hydrogen) atoms. The van der Waals surface area contributed by atoms with Gasteiger partial charge in [-0.2, -0.15) is 18.3 Å². The van der Waals surface area contributed by atoms with Crippen LogP contribution in [0.4, 0.5) is 13.2 Å². The van der Waals surface area contributed by atoms with E-state index in [1.54, 1.807) is 0 Å². The fourth-order valence-corrected chi connectivity index (χ4v) is 2.01. The Morgan fingerprint density at radius 3 is 2.52 bits per heavy atom. The van der Waals surface area contributed by atoms with Crippen LogP contribution in [0.5, 0.6) is 0 Å². The highest BCUT2D eigenvalue weighted by molar-refractivity contribution is 5.89. The van der Waals surface area contributed by atoms with Gasteiger partial charge < -0.3 is 9.15 Å². The maximum atomic E-state index is 13.2. The van der Waals surface area contributed by atoms with E-state index in [1.165, 1.54) is 37.9 Å². The molecule has 0 amide bonds. The van der Waals surface area contributed by atoms with E-state index in [-0.39, 0.29) is 22.5 Å². The maximum absolute atomic E-state index is 13.2. The molecule has 0 aliphatic rings. The molecule has 0 radical (unpaired) electrons. The van der Waals surface area contributed by atoms with Crippen molar-refractivity contribution in [3.05, 3.63) is 41.1 Å². The van der Waals surface area contributed by atoms with Gasteiger partial charge in [0.15, 0.2) is 0 Å². The van der Waals surface area contributed by atoms with Crippen molar-refractivity contribution in [3.8, 4) is 0 Å². The second-order valence-corrected chi connectivity index (χ2v) is 4.55. The van der Waals surface area contributed by atoms with Crippen LogP contribution in [0, 0.1) is 13.8 Å². The Morgan fingerprint density at radius 1 is 1.43 bits per heavy atom. The summed E-state index contributed by atoms with van der Waals surface area (Å²) in [5, 5.41) is 3.92. The Morgan fingerprint density at radius 2 is 2.10 bits per heavy atom. The number of carbonyl (C=O) groups excluding carboxylic acids is 1. The molecule has 0 unspecified atom stereocenters. The highest BCUT2D eigenvalue weighted by Crippen LogP contribution is 2.39. The number of aromatic nitrogens is 2. The number of aryl methyl sites for hydroxylation is 2. The van der Waals surface area contributed by atoms with Crippen molar-refractivity contribution in [2.24, 2.45) is 7.05 Å². The first kappa shape index (κ1) is 15.1. The summed E-state index contributed by atoms with van der Waals surface area (Å²) in [5.41, 5.74) is 0.220. The molecule has 0 aromatic carbocycles. The molecule has 0 saturated heterocycles. The van der Waals surface area contributed by atoms with Crippen molar-refractivity contribution in [3.63, 3.8) is 0 Å². The lowest BCUT2D eigenvalue weighted by Gasteiger charge is -2.21. The Hall–Kier alpha value is -2.25. The number of nitrogens with zero attached hydrogens (tertiary/aromatic N) is 2. The van der Waals surface area contributed by atoms with Crippen molar-refractivity contribution < 1.29 is 27.1 Å². The van der Waals surface area contributed by atoms with Crippen LogP contribution in [-0.4, -0.2) is 21.9 Å². The van der Waals surface area contributed by atoms with Crippen molar-refractivity contribution in [1.82, 2.24) is 9.78 Å². The van der Waals surface area contributed by atoms with Crippen LogP contribution in [0.15, 0.2) is 23.0 Å². The second kappa shape index (κ2) is 5.27. The Labute approximate surface area is 118 Å². The molecule has 5 nitrogen and oxygen atoms in total. The average Bonchev–Trinajstić information content (AvgIpc) is 2.96. The number of ether oxygens (including phenoxy) is 1. The van der Waals surface area contributed by atoms with Gasteiger partial charge in [-0.1, -0.05) is 0 Å². The van der Waals surface area contributed by atoms with Gasteiger partial charge in [0.1, 0.15) is 6.26 Å². The standard InChI is InChI=1S/C13H13F3N2O3/c1-7-10(8(2)18(3)17-7)11(13(14,15)16)21-12(19)9-4-5-20-6-9/h4-6,11H,1-3H3/t11-/m0/s1. The maximum Gasteiger partial charge on any atom is 0.430 e. The molecule has 2 heterocycles. The van der Waals surface area contributed by atoms with Crippen molar-refractivity contribution >= 4 is 5.97 Å². The van der Waals surface area contributed by atoms with Gasteiger partial charge in [-0.25, -0.2) is 4.79 Å². The van der Waals surface area contributed by atoms with Gasteiger partial charge in [0.25, 0.3) is 0 Å². The average molecular weight is 302 g/mol. The van der Waals surface area contributed by atoms with E-state index in [4.69, 9.17) is 0 Å². The third-order valence-electron chi connectivity index (χ3n) is 3.11. The predicted molar refractivity (Wildman–Crippen MR) is 65.6 cm³/mol. The first-order valence-corrected chi connectivity index (χ1v) is 6.01. The van der Waals surface area contributed by atoms with E-state index in [9.17, 15) is 18.0 Å². The zero-order valence-corrected chi connectivity index (χ0v) is 11.6. The molecule has 0 bridgehead atoms. The van der Waals surface area contributed by atoms with Gasteiger partial charge >= 0.3 is 12.1 Å². The molecule has 0 spiro atoms. The van der Waals surface area contributed by atoms with Crippen LogP contribution in [0.1, 0.15) is 33.4 Å². The van der Waals surface area contributed by atoms with Crippen LogP contribution < -0.4 is 0 Å². The first-order chi connectivity index (χ1) is 9.71. The largest absolute Gasteiger partial charge is 0.472 e. The van der Waals surface area contributed by atoms with Crippen LogP contribution in [0.25, 0.3) is 0 Å². The molecular weight excluding hydrogens is 289 g/mol. The van der Waals surface area contributed by atoms with E-state index in [0.717, 1.165) is 6.26 Å². The highest BCUT2D eigenvalue weighted by Gasteiger charge is 2.46. The number of hydrogen-bond donors (Lipinski definition) is 0. The molecule has 0 aliphatic carbocycles. The van der Waals surface area contributed by atoms with E-state index in [2.05, 4.69) is 14.3 Å². The number of halogens is 3. The number of carbonyl (C=O) groups is 1. The second-order valence-electron chi connectivity index (χ2n) is 4.55. The summed E-state index contributed by atoms with van der Waals surface area (Å²) in [6.45, 7) is 2.92. The topological polar surface area (TPSA) is 57.3 Å². The molecule has 2 aromatic rings. The summed E-state index contributed by atoms with van der Waals surface area (Å²) >= 11 is 0. The predicted octanol–water partition coefficient (Wildman–Crippen LogP) is 3.09. The lowest BCUT2D eigenvalue weighted by molar-refractivity contribution is -0.207. The van der Waals surface area contributed by atoms with Crippen LogP contribution in [0.3, 0.4) is 0 Å². The minimum Gasteiger partial charge on any atom is -0.472 e. The molecule has 1 atom stereocenters. The van der Waals surface area contributed by atoms with Crippen molar-refractivity contribution in [1.29, 1.82) is 0 Å². The normalized spacial score (nSPS) is 13.2. The number of alkyl halides is 3. The van der Waals surface area contributed by atoms with E-state index >= 15 is 0 Å². The monoisotopic (exact) mass is 302 g/mol. The summed E-state index contributed by atoms with van der Waals surface area (Å²) in [4.78, 5) is 11.8. The number of hydrogen-bond acceptors (Lipinski definition) is 4. The molecular formula is C13H13F3N2O3. The van der Waals surface area contributed by atoms with Crippen LogP contribution >= 0.6 is 0 Å². The van der Waals surface area contributed by atoms with Gasteiger partial charge in [0.2, 0.25) is 6.10 Å². The number of esters is 1. The zero-order chi connectivity index (χ0) is 15.8. The lowest BCUT2D eigenvalue weighted by Crippen LogP contribution is -2.27. The smallest absolute Gasteiger partial charge is 0.430 e. The SMILES string of the molecule is Cc1nn(C)c(C)c1[C@H](OC(=O)c1ccoc1)C(F)(F)F. The highest BCUT2D eigenvalue weighted by atomic mass is 19.4. The third kappa shape index (κ3) is 2.93. The fraction of sp³-hybridized carbons (Fsp3) is 0.385. The van der Waals surface area contributed by atoms with Crippen LogP contribution in [0.2, 0.25) is 0 Å². The zero-order valence-electron chi connectivity index (χ0n) is 11.6. The minimum atomic E-state index is -4.74. The Balaban J connectivity index is 2.38. The number of furan rings is 1. The lowest BCUT2D eigenvalue weighted by atomic mass is 10.1. The van der Waals surface area contributed by atoms with E-state index in [0.29, 0.717) is 0 Å². The minimum absolute atomic E-state index is 0.0801. The van der Waals surface area contributed by atoms with Gasteiger partial charge in [0, 0.05) is 18.3 Å². The van der Waals surface area contributed by atoms with Gasteiger partial charge in [-0.05, 0) is 19.9 Å². The quantitative estimate of drug-likeness (QED) is 0.818. The van der Waals surface area contributed by atoms with Gasteiger partial charge in [0.05, 0.1) is 17.5 Å². The first-order valence-electron chi connectivity index (χ1n) is 6.01. The fourth-order valence-electron chi connectivity index (χ4n) is 2.01. The summed E-state index contributed by atoms with van der Waals surface area (Å²) in [7, 11) is 1.52. The summed E-state index contributed by atoms with van der Waals surface area (Å²) < 4.78 is 50.3. The molecule has 0 saturated carbocycles. The summed E-state index contributed by atoms with van der Waals surface area (Å²) in [6.07, 6.45) is -4.90. The third-order valence-corrected chi connectivity index (χ3v) is 3.11. The Bertz CT molecular complexity index is 644. The van der Waals surface area contributed by atoms with Gasteiger partial charge in [-0.3, -0.25) is 4.68 Å².